The molecule has 1 saturated heterocycles. The van der Waals surface area contributed by atoms with Gasteiger partial charge >= 0.3 is 0 Å². The summed E-state index contributed by atoms with van der Waals surface area (Å²) in [5.74, 6) is 0.831. The highest BCUT2D eigenvalue weighted by atomic mass is 16.5. The summed E-state index contributed by atoms with van der Waals surface area (Å²) in [6.07, 6.45) is 2.41. The van der Waals surface area contributed by atoms with Crippen LogP contribution in [0, 0.1) is 0 Å². The zero-order valence-electron chi connectivity index (χ0n) is 5.88. The highest BCUT2D eigenvalue weighted by Gasteiger charge is 2.24. The van der Waals surface area contributed by atoms with Crippen LogP contribution in [-0.2, 0) is 9.47 Å². The van der Waals surface area contributed by atoms with Crippen molar-refractivity contribution in [2.24, 2.45) is 4.99 Å². The first-order valence-corrected chi connectivity index (χ1v) is 3.75. The molecule has 0 radical (unpaired) electrons. The highest BCUT2D eigenvalue weighted by molar-refractivity contribution is 5.82. The Bertz CT molecular complexity index is 150. The van der Waals surface area contributed by atoms with Crippen LogP contribution in [0.1, 0.15) is 12.8 Å². The average molecular weight is 141 g/mol. The summed E-state index contributed by atoms with van der Waals surface area (Å²) in [6, 6.07) is 0. The first-order valence-electron chi connectivity index (χ1n) is 3.75. The molecule has 2 aliphatic rings. The molecule has 0 aliphatic carbocycles. The quantitative estimate of drug-likeness (QED) is 0.535. The Morgan fingerprint density at radius 1 is 1.40 bits per heavy atom. The number of rotatable bonds is 1. The van der Waals surface area contributed by atoms with E-state index in [2.05, 4.69) is 4.99 Å². The van der Waals surface area contributed by atoms with E-state index in [9.17, 15) is 0 Å². The molecular weight excluding hydrogens is 130 g/mol. The Kier molecular flexibility index (Phi) is 1.59. The number of hydrogen-bond acceptors (Lipinski definition) is 3. The smallest absolute Gasteiger partial charge is 0.213 e. The van der Waals surface area contributed by atoms with Gasteiger partial charge in [0.05, 0.1) is 6.54 Å². The minimum atomic E-state index is 0.183. The van der Waals surface area contributed by atoms with Crippen LogP contribution in [-0.4, -0.2) is 31.8 Å². The molecule has 3 nitrogen and oxygen atoms in total. The monoisotopic (exact) mass is 141 g/mol. The van der Waals surface area contributed by atoms with Crippen molar-refractivity contribution in [1.82, 2.24) is 0 Å². The second kappa shape index (κ2) is 2.58. The number of nitrogens with zero attached hydrogens (tertiary/aromatic N) is 1. The molecule has 0 bridgehead atoms. The summed E-state index contributed by atoms with van der Waals surface area (Å²) in [4.78, 5) is 4.19. The fourth-order valence-corrected chi connectivity index (χ4v) is 1.32. The van der Waals surface area contributed by atoms with E-state index in [0.29, 0.717) is 0 Å². The van der Waals surface area contributed by atoms with E-state index < -0.39 is 0 Å². The van der Waals surface area contributed by atoms with Crippen molar-refractivity contribution in [3.63, 3.8) is 0 Å². The molecule has 0 aromatic rings. The number of hydrogen-bond donors (Lipinski definition) is 0. The largest absolute Gasteiger partial charge is 0.477 e. The zero-order chi connectivity index (χ0) is 6.81. The number of aliphatic imine (C=N–C) groups is 1. The maximum Gasteiger partial charge on any atom is 0.213 e. The second-order valence-electron chi connectivity index (χ2n) is 2.57. The van der Waals surface area contributed by atoms with Crippen molar-refractivity contribution >= 4 is 5.90 Å². The minimum Gasteiger partial charge on any atom is -0.477 e. The summed E-state index contributed by atoms with van der Waals surface area (Å²) in [6.45, 7) is 2.43. The van der Waals surface area contributed by atoms with E-state index in [1.807, 2.05) is 0 Å². The van der Waals surface area contributed by atoms with Gasteiger partial charge in [0, 0.05) is 6.61 Å². The maximum absolute atomic E-state index is 5.38. The van der Waals surface area contributed by atoms with Crippen molar-refractivity contribution in [3.05, 3.63) is 0 Å². The van der Waals surface area contributed by atoms with E-state index in [1.165, 1.54) is 0 Å². The van der Waals surface area contributed by atoms with Gasteiger partial charge in [0.25, 0.3) is 0 Å². The second-order valence-corrected chi connectivity index (χ2v) is 2.57. The van der Waals surface area contributed by atoms with Gasteiger partial charge in [0.2, 0.25) is 5.90 Å². The van der Waals surface area contributed by atoms with Crippen LogP contribution in [0.15, 0.2) is 4.99 Å². The van der Waals surface area contributed by atoms with Crippen LogP contribution in [0.2, 0.25) is 0 Å². The van der Waals surface area contributed by atoms with Crippen molar-refractivity contribution in [2.45, 2.75) is 18.9 Å². The van der Waals surface area contributed by atoms with Gasteiger partial charge in [-0.15, -0.1) is 0 Å². The van der Waals surface area contributed by atoms with Gasteiger partial charge in [0.1, 0.15) is 12.7 Å². The summed E-state index contributed by atoms with van der Waals surface area (Å²) in [5.41, 5.74) is 0. The van der Waals surface area contributed by atoms with Crippen molar-refractivity contribution in [2.75, 3.05) is 19.8 Å². The molecule has 0 aromatic carbocycles. The molecule has 0 amide bonds. The topological polar surface area (TPSA) is 30.8 Å². The van der Waals surface area contributed by atoms with E-state index in [0.717, 1.165) is 38.5 Å². The third-order valence-corrected chi connectivity index (χ3v) is 1.81. The van der Waals surface area contributed by atoms with Gasteiger partial charge < -0.3 is 9.47 Å². The third kappa shape index (κ3) is 1.01. The Balaban J connectivity index is 1.97. The van der Waals surface area contributed by atoms with Crippen molar-refractivity contribution in [3.8, 4) is 0 Å². The predicted molar refractivity (Wildman–Crippen MR) is 37.2 cm³/mol. The van der Waals surface area contributed by atoms with E-state index in [1.54, 1.807) is 0 Å². The Hall–Kier alpha value is -0.570. The van der Waals surface area contributed by atoms with E-state index in [-0.39, 0.29) is 6.10 Å². The van der Waals surface area contributed by atoms with Crippen molar-refractivity contribution in [1.29, 1.82) is 0 Å². The Labute approximate surface area is 60.0 Å². The van der Waals surface area contributed by atoms with E-state index >= 15 is 0 Å². The maximum atomic E-state index is 5.38. The summed E-state index contributed by atoms with van der Waals surface area (Å²) < 4.78 is 10.6. The minimum absolute atomic E-state index is 0.183. The lowest BCUT2D eigenvalue weighted by molar-refractivity contribution is 0.137. The van der Waals surface area contributed by atoms with Gasteiger partial charge in [-0.3, -0.25) is 0 Å². The van der Waals surface area contributed by atoms with Crippen LogP contribution < -0.4 is 0 Å². The Morgan fingerprint density at radius 2 is 2.40 bits per heavy atom. The van der Waals surface area contributed by atoms with E-state index in [4.69, 9.17) is 9.47 Å². The summed E-state index contributed by atoms with van der Waals surface area (Å²) >= 11 is 0. The number of ether oxygens (including phenoxy) is 2. The summed E-state index contributed by atoms with van der Waals surface area (Å²) in [7, 11) is 0. The van der Waals surface area contributed by atoms with Gasteiger partial charge in [-0.2, -0.15) is 0 Å². The molecule has 2 rings (SSSR count). The molecule has 1 unspecified atom stereocenters. The molecule has 10 heavy (non-hydrogen) atoms. The van der Waals surface area contributed by atoms with Gasteiger partial charge in [-0.25, -0.2) is 4.99 Å². The molecular formula is C7H11NO2. The van der Waals surface area contributed by atoms with Gasteiger partial charge in [0.15, 0.2) is 0 Å². The lowest BCUT2D eigenvalue weighted by atomic mass is 10.2. The average Bonchev–Trinajstić information content (AvgIpc) is 2.59. The molecule has 1 atom stereocenters. The molecule has 2 aliphatic heterocycles. The standard InChI is InChI=1S/C7H11NO2/c1-2-6(9-4-1)7-8-3-5-10-7/h6H,1-5H2. The van der Waals surface area contributed by atoms with Gasteiger partial charge in [-0.1, -0.05) is 0 Å². The SMILES string of the molecule is C1COC(C2=NCCO2)C1. The summed E-state index contributed by atoms with van der Waals surface area (Å²) in [5, 5.41) is 0. The molecule has 0 saturated carbocycles. The lowest BCUT2D eigenvalue weighted by Crippen LogP contribution is -2.19. The predicted octanol–water partition coefficient (Wildman–Crippen LogP) is 0.594. The van der Waals surface area contributed by atoms with Crippen LogP contribution in [0.4, 0.5) is 0 Å². The van der Waals surface area contributed by atoms with Crippen LogP contribution in [0.3, 0.4) is 0 Å². The molecule has 0 aromatic heterocycles. The molecule has 2 heterocycles. The first kappa shape index (κ1) is 6.16. The molecule has 1 fully saturated rings. The zero-order valence-corrected chi connectivity index (χ0v) is 5.88. The molecule has 0 spiro atoms. The lowest BCUT2D eigenvalue weighted by Gasteiger charge is -2.07. The normalized spacial score (nSPS) is 32.0. The van der Waals surface area contributed by atoms with Gasteiger partial charge in [-0.05, 0) is 12.8 Å². The first-order chi connectivity index (χ1) is 4.97. The fourth-order valence-electron chi connectivity index (χ4n) is 1.32. The van der Waals surface area contributed by atoms with Crippen molar-refractivity contribution < 1.29 is 9.47 Å². The van der Waals surface area contributed by atoms with Crippen LogP contribution >= 0.6 is 0 Å². The Morgan fingerprint density at radius 3 is 3.00 bits per heavy atom. The van der Waals surface area contributed by atoms with Crippen LogP contribution in [0.5, 0.6) is 0 Å². The third-order valence-electron chi connectivity index (χ3n) is 1.81. The highest BCUT2D eigenvalue weighted by Crippen LogP contribution is 2.15. The molecule has 3 heteroatoms. The molecule has 0 N–H and O–H groups in total. The van der Waals surface area contributed by atoms with Crippen LogP contribution in [0.25, 0.3) is 0 Å². The molecule has 56 valence electrons. The fraction of sp³-hybridized carbons (Fsp3) is 0.857.